The number of carbonyl (C=O) groups is 1. The fourth-order valence-corrected chi connectivity index (χ4v) is 4.22. The summed E-state index contributed by atoms with van der Waals surface area (Å²) in [6.07, 6.45) is 5.99. The SMILES string of the molecule is CO[C@@H]1CC[C@]2(OC)CCN(C(=O)c3cnc4nc[nH]n4c3=O)[C@@H]2C1. The van der Waals surface area contributed by atoms with Crippen molar-refractivity contribution in [3.8, 4) is 0 Å². The third-order valence-electron chi connectivity index (χ3n) is 5.68. The molecule has 1 aliphatic heterocycles. The monoisotopic (exact) mass is 347 g/mol. The molecule has 1 N–H and O–H groups in total. The van der Waals surface area contributed by atoms with Crippen LogP contribution in [0.15, 0.2) is 17.3 Å². The van der Waals surface area contributed by atoms with E-state index in [2.05, 4.69) is 15.1 Å². The van der Waals surface area contributed by atoms with E-state index in [1.807, 2.05) is 0 Å². The number of ether oxygens (including phenoxy) is 2. The molecule has 2 aliphatic rings. The summed E-state index contributed by atoms with van der Waals surface area (Å²) in [6, 6.07) is -0.106. The Balaban J connectivity index is 1.69. The number of nitrogens with zero attached hydrogens (tertiary/aromatic N) is 4. The van der Waals surface area contributed by atoms with Gasteiger partial charge in [0, 0.05) is 27.0 Å². The fourth-order valence-electron chi connectivity index (χ4n) is 4.22. The van der Waals surface area contributed by atoms with Crippen LogP contribution in [-0.4, -0.2) is 68.9 Å². The number of likely N-dealkylation sites (tertiary alicyclic amines) is 1. The molecule has 0 bridgehead atoms. The molecule has 0 radical (unpaired) electrons. The Morgan fingerprint density at radius 1 is 1.36 bits per heavy atom. The summed E-state index contributed by atoms with van der Waals surface area (Å²) in [5, 5.41) is 2.68. The Kier molecular flexibility index (Phi) is 3.84. The van der Waals surface area contributed by atoms with Gasteiger partial charge >= 0.3 is 0 Å². The van der Waals surface area contributed by atoms with E-state index >= 15 is 0 Å². The van der Waals surface area contributed by atoms with Gasteiger partial charge in [-0.1, -0.05) is 0 Å². The highest BCUT2D eigenvalue weighted by molar-refractivity contribution is 5.94. The molecule has 1 amide bonds. The lowest BCUT2D eigenvalue weighted by atomic mass is 9.79. The molecule has 0 unspecified atom stereocenters. The molecule has 134 valence electrons. The average Bonchev–Trinajstić information content (AvgIpc) is 3.26. The number of methoxy groups -OCH3 is 2. The highest BCUT2D eigenvalue weighted by atomic mass is 16.5. The van der Waals surface area contributed by atoms with Crippen LogP contribution in [0.3, 0.4) is 0 Å². The predicted octanol–water partition coefficient (Wildman–Crippen LogP) is 0.216. The lowest BCUT2D eigenvalue weighted by molar-refractivity contribution is -0.0893. The zero-order chi connectivity index (χ0) is 17.6. The Morgan fingerprint density at radius 3 is 2.96 bits per heavy atom. The van der Waals surface area contributed by atoms with E-state index in [4.69, 9.17) is 9.47 Å². The first-order valence-corrected chi connectivity index (χ1v) is 8.39. The molecule has 0 spiro atoms. The van der Waals surface area contributed by atoms with Crippen LogP contribution in [0.25, 0.3) is 5.78 Å². The highest BCUT2D eigenvalue weighted by Gasteiger charge is 2.53. The summed E-state index contributed by atoms with van der Waals surface area (Å²) in [4.78, 5) is 35.4. The summed E-state index contributed by atoms with van der Waals surface area (Å²) in [6.45, 7) is 0.554. The molecule has 3 atom stereocenters. The highest BCUT2D eigenvalue weighted by Crippen LogP contribution is 2.43. The largest absolute Gasteiger partial charge is 0.381 e. The van der Waals surface area contributed by atoms with E-state index in [9.17, 15) is 9.59 Å². The minimum atomic E-state index is -0.443. The van der Waals surface area contributed by atoms with Crippen molar-refractivity contribution in [2.24, 2.45) is 0 Å². The zero-order valence-electron chi connectivity index (χ0n) is 14.3. The number of nitrogens with one attached hydrogen (secondary N) is 1. The molecular weight excluding hydrogens is 326 g/mol. The van der Waals surface area contributed by atoms with Crippen molar-refractivity contribution in [3.05, 3.63) is 28.4 Å². The minimum absolute atomic E-state index is 0.0354. The van der Waals surface area contributed by atoms with Gasteiger partial charge in [0.25, 0.3) is 17.2 Å². The maximum Gasteiger partial charge on any atom is 0.286 e. The third-order valence-corrected chi connectivity index (χ3v) is 5.68. The van der Waals surface area contributed by atoms with Gasteiger partial charge in [0.05, 0.1) is 17.7 Å². The van der Waals surface area contributed by atoms with Gasteiger partial charge in [0.15, 0.2) is 0 Å². The van der Waals surface area contributed by atoms with E-state index in [0.29, 0.717) is 13.0 Å². The number of aromatic amines is 1. The van der Waals surface area contributed by atoms with Gasteiger partial charge in [-0.3, -0.25) is 14.7 Å². The predicted molar refractivity (Wildman–Crippen MR) is 87.4 cm³/mol. The van der Waals surface area contributed by atoms with Gasteiger partial charge in [-0.25, -0.2) is 9.97 Å². The Morgan fingerprint density at radius 2 is 2.20 bits per heavy atom. The average molecular weight is 347 g/mol. The van der Waals surface area contributed by atoms with Crippen molar-refractivity contribution in [3.63, 3.8) is 0 Å². The molecule has 1 saturated heterocycles. The molecule has 1 saturated carbocycles. The molecule has 1 aliphatic carbocycles. The van der Waals surface area contributed by atoms with Crippen molar-refractivity contribution in [2.45, 2.75) is 43.4 Å². The number of aromatic nitrogens is 4. The zero-order valence-corrected chi connectivity index (χ0v) is 14.3. The molecule has 0 aromatic carbocycles. The number of fused-ring (bicyclic) bond motifs is 2. The van der Waals surface area contributed by atoms with Gasteiger partial charge in [-0.05, 0) is 25.7 Å². The molecule has 2 aromatic heterocycles. The van der Waals surface area contributed by atoms with Crippen molar-refractivity contribution >= 4 is 11.7 Å². The van der Waals surface area contributed by atoms with Crippen LogP contribution in [0.2, 0.25) is 0 Å². The number of hydrogen-bond acceptors (Lipinski definition) is 6. The van der Waals surface area contributed by atoms with Crippen LogP contribution < -0.4 is 5.56 Å². The van der Waals surface area contributed by atoms with Crippen molar-refractivity contribution < 1.29 is 14.3 Å². The normalized spacial score (nSPS) is 29.1. The number of rotatable bonds is 3. The Labute approximate surface area is 143 Å². The molecule has 9 nitrogen and oxygen atoms in total. The first-order chi connectivity index (χ1) is 12.1. The fraction of sp³-hybridized carbons (Fsp3) is 0.625. The van der Waals surface area contributed by atoms with E-state index in [0.717, 1.165) is 19.3 Å². The quantitative estimate of drug-likeness (QED) is 0.852. The number of carbonyl (C=O) groups excluding carboxylic acids is 1. The summed E-state index contributed by atoms with van der Waals surface area (Å²) in [5.41, 5.74) is -0.762. The second-order valence-corrected chi connectivity index (χ2v) is 6.67. The van der Waals surface area contributed by atoms with Crippen LogP contribution in [0.4, 0.5) is 0 Å². The smallest absolute Gasteiger partial charge is 0.286 e. The molecule has 3 heterocycles. The molecule has 2 aromatic rings. The molecule has 4 rings (SSSR count). The third kappa shape index (κ3) is 2.37. The van der Waals surface area contributed by atoms with Crippen LogP contribution >= 0.6 is 0 Å². The Bertz CT molecular complexity index is 862. The molecule has 25 heavy (non-hydrogen) atoms. The van der Waals surface area contributed by atoms with E-state index in [1.165, 1.54) is 17.0 Å². The maximum atomic E-state index is 13.1. The van der Waals surface area contributed by atoms with Crippen molar-refractivity contribution in [1.29, 1.82) is 0 Å². The van der Waals surface area contributed by atoms with Gasteiger partial charge in [-0.15, -0.1) is 0 Å². The topological polar surface area (TPSA) is 102 Å². The van der Waals surface area contributed by atoms with Crippen molar-refractivity contribution in [1.82, 2.24) is 24.5 Å². The molecular formula is C16H21N5O4. The Hall–Kier alpha value is -2.26. The van der Waals surface area contributed by atoms with Gasteiger partial charge < -0.3 is 14.4 Å². The first-order valence-electron chi connectivity index (χ1n) is 8.39. The van der Waals surface area contributed by atoms with Crippen LogP contribution in [-0.2, 0) is 9.47 Å². The molecule has 9 heteroatoms. The minimum Gasteiger partial charge on any atom is -0.381 e. The van der Waals surface area contributed by atoms with Crippen LogP contribution in [0, 0.1) is 0 Å². The molecule has 2 fully saturated rings. The lowest BCUT2D eigenvalue weighted by Crippen LogP contribution is -2.53. The first kappa shape index (κ1) is 16.2. The second kappa shape index (κ2) is 5.92. The lowest BCUT2D eigenvalue weighted by Gasteiger charge is -2.43. The van der Waals surface area contributed by atoms with Crippen LogP contribution in [0.1, 0.15) is 36.0 Å². The van der Waals surface area contributed by atoms with Crippen molar-refractivity contribution in [2.75, 3.05) is 20.8 Å². The van der Waals surface area contributed by atoms with Crippen LogP contribution in [0.5, 0.6) is 0 Å². The van der Waals surface area contributed by atoms with Gasteiger partial charge in [0.2, 0.25) is 0 Å². The van der Waals surface area contributed by atoms with E-state index in [1.54, 1.807) is 19.1 Å². The summed E-state index contributed by atoms with van der Waals surface area (Å²) in [5.74, 6) is -0.0755. The van der Waals surface area contributed by atoms with E-state index in [-0.39, 0.29) is 35.0 Å². The number of hydrogen-bond donors (Lipinski definition) is 1. The van der Waals surface area contributed by atoms with E-state index < -0.39 is 5.56 Å². The maximum absolute atomic E-state index is 13.1. The standard InChI is InChI=1S/C16H21N5O4/c1-24-10-3-4-16(25-2)5-6-20(12(16)7-10)13(22)11-8-17-15-18-9-19-21(15)14(11)23/h8-10,12H,3-7H2,1-2H3,(H,17,18,19)/t10-,12-,16+/m1/s1. The summed E-state index contributed by atoms with van der Waals surface area (Å²) >= 11 is 0. The summed E-state index contributed by atoms with van der Waals surface area (Å²) < 4.78 is 12.5. The summed E-state index contributed by atoms with van der Waals surface area (Å²) in [7, 11) is 3.38. The van der Waals surface area contributed by atoms with Gasteiger partial charge in [-0.2, -0.15) is 4.52 Å². The second-order valence-electron chi connectivity index (χ2n) is 6.67. The van der Waals surface area contributed by atoms with Gasteiger partial charge in [0.1, 0.15) is 11.9 Å². The number of amides is 1. The number of H-pyrrole nitrogens is 1.